The smallest absolute Gasteiger partial charge is 0.130 e. The van der Waals surface area contributed by atoms with Crippen molar-refractivity contribution >= 4 is 22.6 Å². The second-order valence-electron chi connectivity index (χ2n) is 4.07. The van der Waals surface area contributed by atoms with Gasteiger partial charge in [0.2, 0.25) is 0 Å². The van der Waals surface area contributed by atoms with Gasteiger partial charge >= 0.3 is 0 Å². The Morgan fingerprint density at radius 3 is 2.75 bits per heavy atom. The molecule has 1 heterocycles. The summed E-state index contributed by atoms with van der Waals surface area (Å²) in [6.45, 7) is 2.11. The number of alkyl halides is 1. The van der Waals surface area contributed by atoms with Gasteiger partial charge in [-0.2, -0.15) is 0 Å². The van der Waals surface area contributed by atoms with Gasteiger partial charge in [-0.05, 0) is 18.6 Å². The minimum Gasteiger partial charge on any atom is -0.317 e. The van der Waals surface area contributed by atoms with Crippen molar-refractivity contribution in [2.24, 2.45) is 0 Å². The fraction of sp³-hybridized carbons (Fsp3) is 0.417. The molecule has 0 saturated heterocycles. The lowest BCUT2D eigenvalue weighted by atomic mass is 10.2. The summed E-state index contributed by atoms with van der Waals surface area (Å²) in [5.41, 5.74) is 3.45. The van der Waals surface area contributed by atoms with Gasteiger partial charge in [0.1, 0.15) is 5.82 Å². The topological polar surface area (TPSA) is 21.1 Å². The number of rotatable bonds is 3. The van der Waals surface area contributed by atoms with Crippen molar-refractivity contribution in [2.45, 2.75) is 13.3 Å². The summed E-state index contributed by atoms with van der Waals surface area (Å²) in [6.07, 6.45) is 0.786. The molecule has 4 heteroatoms. The number of imidazole rings is 1. The van der Waals surface area contributed by atoms with Crippen molar-refractivity contribution in [1.29, 1.82) is 0 Å². The van der Waals surface area contributed by atoms with Crippen LogP contribution in [0.1, 0.15) is 11.4 Å². The molecule has 0 fully saturated rings. The Balaban J connectivity index is 2.72. The van der Waals surface area contributed by atoms with Crippen molar-refractivity contribution in [3.63, 3.8) is 0 Å². The molecule has 1 aromatic carbocycles. The lowest BCUT2D eigenvalue weighted by molar-refractivity contribution is 0.702. The summed E-state index contributed by atoms with van der Waals surface area (Å²) in [5.74, 6) is 1.61. The van der Waals surface area contributed by atoms with Gasteiger partial charge < -0.3 is 5.01 Å². The normalized spacial score (nSPS) is 11.0. The van der Waals surface area contributed by atoms with E-state index in [9.17, 15) is 0 Å². The summed E-state index contributed by atoms with van der Waals surface area (Å²) >= 11 is 5.81. The third-order valence-corrected chi connectivity index (χ3v) is 2.83. The van der Waals surface area contributed by atoms with E-state index in [1.165, 1.54) is 11.1 Å². The third-order valence-electron chi connectivity index (χ3n) is 2.64. The molecular weight excluding hydrogens is 222 g/mol. The molecule has 86 valence electrons. The van der Waals surface area contributed by atoms with Gasteiger partial charge in [0.25, 0.3) is 0 Å². The average molecular weight is 238 g/mol. The van der Waals surface area contributed by atoms with Crippen LogP contribution in [0.25, 0.3) is 11.0 Å². The van der Waals surface area contributed by atoms with E-state index in [1.807, 2.05) is 31.2 Å². The summed E-state index contributed by atoms with van der Waals surface area (Å²) in [7, 11) is 4.04. The van der Waals surface area contributed by atoms with Crippen molar-refractivity contribution in [2.75, 3.05) is 25.0 Å². The number of hydrogen-bond donors (Lipinski definition) is 0. The van der Waals surface area contributed by atoms with Crippen LogP contribution in [0.4, 0.5) is 0 Å². The highest BCUT2D eigenvalue weighted by molar-refractivity contribution is 6.17. The predicted molar refractivity (Wildman–Crippen MR) is 69.0 cm³/mol. The van der Waals surface area contributed by atoms with E-state index >= 15 is 0 Å². The molecule has 0 atom stereocenters. The molecule has 2 aromatic rings. The van der Waals surface area contributed by atoms with Gasteiger partial charge in [-0.25, -0.2) is 9.66 Å². The van der Waals surface area contributed by atoms with Crippen LogP contribution >= 0.6 is 11.6 Å². The Morgan fingerprint density at radius 1 is 1.38 bits per heavy atom. The molecular formula is C12H16ClN3. The number of benzene rings is 1. The maximum atomic E-state index is 5.81. The molecule has 0 N–H and O–H groups in total. The van der Waals surface area contributed by atoms with E-state index in [4.69, 9.17) is 11.6 Å². The van der Waals surface area contributed by atoms with Crippen molar-refractivity contribution in [1.82, 2.24) is 9.66 Å². The Kier molecular flexibility index (Phi) is 3.06. The molecule has 0 radical (unpaired) electrons. The molecule has 1 aromatic heterocycles. The lowest BCUT2D eigenvalue weighted by Crippen LogP contribution is -2.27. The predicted octanol–water partition coefficient (Wildman–Crippen LogP) is 2.32. The minimum absolute atomic E-state index is 0.593. The van der Waals surface area contributed by atoms with E-state index in [1.54, 1.807) is 0 Å². The number of nitrogens with zero attached hydrogens (tertiary/aromatic N) is 3. The van der Waals surface area contributed by atoms with Gasteiger partial charge in [0, 0.05) is 26.4 Å². The maximum Gasteiger partial charge on any atom is 0.130 e. The fourth-order valence-electron chi connectivity index (χ4n) is 2.00. The highest BCUT2D eigenvalue weighted by atomic mass is 35.5. The SMILES string of the molecule is Cc1cccc2nc(CCCl)n(N(C)C)c12. The number of para-hydroxylation sites is 1. The molecule has 0 aliphatic rings. The minimum atomic E-state index is 0.593. The standard InChI is InChI=1S/C12H16ClN3/c1-9-5-4-6-10-12(9)16(15(2)3)11(14-10)7-8-13/h4-6H,7-8H2,1-3H3. The number of hydrogen-bond acceptors (Lipinski definition) is 2. The van der Waals surface area contributed by atoms with Crippen LogP contribution in [0.5, 0.6) is 0 Å². The van der Waals surface area contributed by atoms with E-state index in [2.05, 4.69) is 22.7 Å². The largest absolute Gasteiger partial charge is 0.317 e. The number of aryl methyl sites for hydroxylation is 2. The number of halogens is 1. The zero-order chi connectivity index (χ0) is 11.7. The van der Waals surface area contributed by atoms with Crippen LogP contribution in [0.15, 0.2) is 18.2 Å². The Labute approximate surface area is 101 Å². The first-order valence-corrected chi connectivity index (χ1v) is 5.89. The average Bonchev–Trinajstić information content (AvgIpc) is 2.58. The zero-order valence-corrected chi connectivity index (χ0v) is 10.6. The number of aromatic nitrogens is 2. The summed E-state index contributed by atoms with van der Waals surface area (Å²) < 4.78 is 2.13. The molecule has 0 aliphatic carbocycles. The quantitative estimate of drug-likeness (QED) is 0.764. The maximum absolute atomic E-state index is 5.81. The van der Waals surface area contributed by atoms with Crippen molar-refractivity contribution in [3.8, 4) is 0 Å². The van der Waals surface area contributed by atoms with Gasteiger partial charge in [-0.3, -0.25) is 0 Å². The second kappa shape index (κ2) is 4.34. The van der Waals surface area contributed by atoms with Crippen LogP contribution in [-0.4, -0.2) is 29.6 Å². The van der Waals surface area contributed by atoms with Crippen LogP contribution in [0, 0.1) is 6.92 Å². The highest BCUT2D eigenvalue weighted by Gasteiger charge is 2.12. The van der Waals surface area contributed by atoms with Crippen molar-refractivity contribution in [3.05, 3.63) is 29.6 Å². The molecule has 0 spiro atoms. The molecule has 0 aliphatic heterocycles. The second-order valence-corrected chi connectivity index (χ2v) is 4.45. The third kappa shape index (κ3) is 1.76. The zero-order valence-electron chi connectivity index (χ0n) is 9.87. The van der Waals surface area contributed by atoms with Crippen LogP contribution in [0.2, 0.25) is 0 Å². The first-order valence-electron chi connectivity index (χ1n) is 5.35. The lowest BCUT2D eigenvalue weighted by Gasteiger charge is -2.18. The van der Waals surface area contributed by atoms with Gasteiger partial charge in [0.15, 0.2) is 0 Å². The van der Waals surface area contributed by atoms with Gasteiger partial charge in [-0.1, -0.05) is 12.1 Å². The highest BCUT2D eigenvalue weighted by Crippen LogP contribution is 2.20. The monoisotopic (exact) mass is 237 g/mol. The van der Waals surface area contributed by atoms with Gasteiger partial charge in [-0.15, -0.1) is 11.6 Å². The molecule has 0 amide bonds. The van der Waals surface area contributed by atoms with E-state index in [-0.39, 0.29) is 0 Å². The molecule has 3 nitrogen and oxygen atoms in total. The first-order chi connectivity index (χ1) is 7.65. The van der Waals surface area contributed by atoms with Crippen LogP contribution in [-0.2, 0) is 6.42 Å². The van der Waals surface area contributed by atoms with Crippen molar-refractivity contribution < 1.29 is 0 Å². The molecule has 16 heavy (non-hydrogen) atoms. The van der Waals surface area contributed by atoms with E-state index < -0.39 is 0 Å². The molecule has 0 unspecified atom stereocenters. The van der Waals surface area contributed by atoms with Crippen LogP contribution < -0.4 is 5.01 Å². The number of fused-ring (bicyclic) bond motifs is 1. The van der Waals surface area contributed by atoms with Gasteiger partial charge in [0.05, 0.1) is 11.0 Å². The Hall–Kier alpha value is -1.22. The molecule has 0 saturated carbocycles. The van der Waals surface area contributed by atoms with E-state index in [0.29, 0.717) is 5.88 Å². The van der Waals surface area contributed by atoms with E-state index in [0.717, 1.165) is 17.8 Å². The molecule has 2 rings (SSSR count). The van der Waals surface area contributed by atoms with Crippen LogP contribution in [0.3, 0.4) is 0 Å². The Morgan fingerprint density at radius 2 is 2.12 bits per heavy atom. The summed E-state index contributed by atoms with van der Waals surface area (Å²) in [5, 5.41) is 2.05. The first kappa shape index (κ1) is 11.3. The summed E-state index contributed by atoms with van der Waals surface area (Å²) in [6, 6.07) is 6.18. The Bertz CT molecular complexity index is 502. The summed E-state index contributed by atoms with van der Waals surface area (Å²) in [4.78, 5) is 4.62. The molecule has 0 bridgehead atoms. The fourth-order valence-corrected chi connectivity index (χ4v) is 2.17.